The Hall–Kier alpha value is -3.09. The summed E-state index contributed by atoms with van der Waals surface area (Å²) in [6, 6.07) is 9.63. The Morgan fingerprint density at radius 2 is 1.81 bits per heavy atom. The summed E-state index contributed by atoms with van der Waals surface area (Å²) in [6.07, 6.45) is 5.09. The number of ether oxygens (including phenoxy) is 2. The van der Waals surface area contributed by atoms with Crippen molar-refractivity contribution in [3.63, 3.8) is 0 Å². The van der Waals surface area contributed by atoms with Crippen LogP contribution in [0.4, 0.5) is 11.4 Å². The molecule has 2 aromatic carbocycles. The Morgan fingerprint density at radius 1 is 1.07 bits per heavy atom. The number of carbonyl (C=O) groups is 1. The van der Waals surface area contributed by atoms with Gasteiger partial charge in [-0.15, -0.1) is 0 Å². The van der Waals surface area contributed by atoms with Gasteiger partial charge in [0.1, 0.15) is 0 Å². The van der Waals surface area contributed by atoms with Gasteiger partial charge in [0, 0.05) is 41.8 Å². The van der Waals surface area contributed by atoms with E-state index in [2.05, 4.69) is 5.32 Å². The number of amides is 1. The number of nitro benzene ring substituents is 1. The number of rotatable bonds is 3. The number of anilines is 1. The van der Waals surface area contributed by atoms with Gasteiger partial charge < -0.3 is 14.8 Å². The van der Waals surface area contributed by atoms with E-state index in [1.165, 1.54) is 24.6 Å². The highest BCUT2D eigenvalue weighted by Crippen LogP contribution is 2.46. The number of aryl methyl sites for hydroxylation is 1. The average Bonchev–Trinajstić information content (AvgIpc) is 2.98. The van der Waals surface area contributed by atoms with Crippen molar-refractivity contribution < 1.29 is 19.2 Å². The molecule has 1 aliphatic heterocycles. The minimum Gasteiger partial charge on any atom is -0.448 e. The molecule has 4 rings (SSSR count). The number of hydrogen-bond donors (Lipinski definition) is 1. The molecule has 0 saturated heterocycles. The maximum atomic E-state index is 12.5. The Labute approximate surface area is 156 Å². The van der Waals surface area contributed by atoms with E-state index in [9.17, 15) is 14.9 Å². The molecule has 1 saturated carbocycles. The molecule has 2 aromatic rings. The Bertz CT molecular complexity index is 919. The van der Waals surface area contributed by atoms with E-state index in [1.807, 2.05) is 0 Å². The quantitative estimate of drug-likeness (QED) is 0.632. The standard InChI is InChI=1S/C20H20N2O5/c1-13-11-14(5-7-16(13)22(24)25)19(23)21-15-6-8-17-18(12-15)27-20(26-17)9-3-2-4-10-20/h5-8,11-12H,2-4,9-10H2,1H3,(H,21,23). The number of nitrogens with zero attached hydrogens (tertiary/aromatic N) is 1. The number of nitrogens with one attached hydrogen (secondary N) is 1. The highest BCUT2D eigenvalue weighted by atomic mass is 16.7. The van der Waals surface area contributed by atoms with Crippen LogP contribution in [0, 0.1) is 17.0 Å². The third kappa shape index (κ3) is 3.32. The summed E-state index contributed by atoms with van der Waals surface area (Å²) in [6.45, 7) is 1.61. The van der Waals surface area contributed by atoms with Crippen LogP contribution in [0.25, 0.3) is 0 Å². The second kappa shape index (κ2) is 6.57. The van der Waals surface area contributed by atoms with Crippen molar-refractivity contribution in [1.29, 1.82) is 0 Å². The van der Waals surface area contributed by atoms with E-state index >= 15 is 0 Å². The average molecular weight is 368 g/mol. The van der Waals surface area contributed by atoms with Gasteiger partial charge in [-0.05, 0) is 44.0 Å². The van der Waals surface area contributed by atoms with Crippen LogP contribution in [-0.2, 0) is 0 Å². The first-order chi connectivity index (χ1) is 13.0. The molecule has 0 atom stereocenters. The molecular weight excluding hydrogens is 348 g/mol. The first-order valence-electron chi connectivity index (χ1n) is 9.04. The maximum Gasteiger partial charge on any atom is 0.272 e. The van der Waals surface area contributed by atoms with Gasteiger partial charge in [0.25, 0.3) is 17.4 Å². The largest absolute Gasteiger partial charge is 0.448 e. The molecule has 27 heavy (non-hydrogen) atoms. The highest BCUT2D eigenvalue weighted by molar-refractivity contribution is 6.04. The maximum absolute atomic E-state index is 12.5. The molecule has 7 heteroatoms. The molecule has 1 N–H and O–H groups in total. The van der Waals surface area contributed by atoms with Gasteiger partial charge in [-0.25, -0.2) is 0 Å². The summed E-state index contributed by atoms with van der Waals surface area (Å²) in [5, 5.41) is 13.7. The van der Waals surface area contributed by atoms with Crippen LogP contribution in [0.2, 0.25) is 0 Å². The van der Waals surface area contributed by atoms with Gasteiger partial charge in [0.2, 0.25) is 0 Å². The van der Waals surface area contributed by atoms with E-state index in [0.29, 0.717) is 28.3 Å². The summed E-state index contributed by atoms with van der Waals surface area (Å²) >= 11 is 0. The molecule has 0 aromatic heterocycles. The number of benzene rings is 2. The molecule has 2 aliphatic rings. The van der Waals surface area contributed by atoms with Crippen LogP contribution in [0.1, 0.15) is 48.0 Å². The van der Waals surface area contributed by atoms with Gasteiger partial charge in [-0.1, -0.05) is 6.42 Å². The van der Waals surface area contributed by atoms with Crippen molar-refractivity contribution >= 4 is 17.3 Å². The van der Waals surface area contributed by atoms with Crippen molar-refractivity contribution in [3.05, 3.63) is 57.6 Å². The van der Waals surface area contributed by atoms with Crippen LogP contribution in [-0.4, -0.2) is 16.6 Å². The lowest BCUT2D eigenvalue weighted by atomic mass is 9.94. The molecule has 1 spiro atoms. The lowest BCUT2D eigenvalue weighted by Gasteiger charge is -2.31. The second-order valence-corrected chi connectivity index (χ2v) is 7.05. The molecular formula is C20H20N2O5. The molecule has 1 fully saturated rings. The summed E-state index contributed by atoms with van der Waals surface area (Å²) in [4.78, 5) is 22.9. The Morgan fingerprint density at radius 3 is 2.52 bits per heavy atom. The van der Waals surface area contributed by atoms with Crippen LogP contribution in [0.3, 0.4) is 0 Å². The normalized spacial score (nSPS) is 16.9. The molecule has 0 unspecified atom stereocenters. The molecule has 1 aliphatic carbocycles. The molecule has 1 amide bonds. The van der Waals surface area contributed by atoms with Gasteiger partial charge in [-0.2, -0.15) is 0 Å². The minimum atomic E-state index is -0.557. The van der Waals surface area contributed by atoms with E-state index in [4.69, 9.17) is 9.47 Å². The van der Waals surface area contributed by atoms with E-state index in [0.717, 1.165) is 25.7 Å². The molecule has 1 heterocycles. The minimum absolute atomic E-state index is 0.00703. The first-order valence-corrected chi connectivity index (χ1v) is 9.04. The third-order valence-electron chi connectivity index (χ3n) is 5.06. The number of fused-ring (bicyclic) bond motifs is 1. The fraction of sp³-hybridized carbons (Fsp3) is 0.350. The second-order valence-electron chi connectivity index (χ2n) is 7.05. The van der Waals surface area contributed by atoms with E-state index < -0.39 is 10.7 Å². The fourth-order valence-corrected chi connectivity index (χ4v) is 3.67. The van der Waals surface area contributed by atoms with Crippen molar-refractivity contribution in [3.8, 4) is 11.5 Å². The summed E-state index contributed by atoms with van der Waals surface area (Å²) < 4.78 is 12.1. The number of hydrogen-bond acceptors (Lipinski definition) is 5. The van der Waals surface area contributed by atoms with Gasteiger partial charge in [-0.3, -0.25) is 14.9 Å². The summed E-state index contributed by atoms with van der Waals surface area (Å²) in [7, 11) is 0. The van der Waals surface area contributed by atoms with Gasteiger partial charge >= 0.3 is 0 Å². The number of carbonyl (C=O) groups excluding carboxylic acids is 1. The van der Waals surface area contributed by atoms with Crippen molar-refractivity contribution in [2.75, 3.05) is 5.32 Å². The predicted molar refractivity (Wildman–Crippen MR) is 99.3 cm³/mol. The fourth-order valence-electron chi connectivity index (χ4n) is 3.67. The predicted octanol–water partition coefficient (Wildman–Crippen LogP) is 4.59. The van der Waals surface area contributed by atoms with Crippen molar-refractivity contribution in [2.24, 2.45) is 0 Å². The molecule has 140 valence electrons. The van der Waals surface area contributed by atoms with Crippen LogP contribution in [0.15, 0.2) is 36.4 Å². The van der Waals surface area contributed by atoms with Gasteiger partial charge in [0.15, 0.2) is 11.5 Å². The SMILES string of the molecule is Cc1cc(C(=O)Nc2ccc3c(c2)OC2(CCCCC2)O3)ccc1[N+](=O)[O-]. The monoisotopic (exact) mass is 368 g/mol. The lowest BCUT2D eigenvalue weighted by molar-refractivity contribution is -0.385. The zero-order valence-corrected chi connectivity index (χ0v) is 15.0. The Balaban J connectivity index is 1.50. The first kappa shape index (κ1) is 17.3. The molecule has 0 bridgehead atoms. The van der Waals surface area contributed by atoms with E-state index in [1.54, 1.807) is 25.1 Å². The van der Waals surface area contributed by atoms with E-state index in [-0.39, 0.29) is 11.6 Å². The van der Waals surface area contributed by atoms with Crippen LogP contribution in [0.5, 0.6) is 11.5 Å². The van der Waals surface area contributed by atoms with Crippen LogP contribution < -0.4 is 14.8 Å². The topological polar surface area (TPSA) is 90.7 Å². The Kier molecular flexibility index (Phi) is 4.22. The third-order valence-corrected chi connectivity index (χ3v) is 5.06. The van der Waals surface area contributed by atoms with Crippen molar-refractivity contribution in [2.45, 2.75) is 44.8 Å². The zero-order chi connectivity index (χ0) is 19.0. The smallest absolute Gasteiger partial charge is 0.272 e. The summed E-state index contributed by atoms with van der Waals surface area (Å²) in [5.74, 6) is 0.438. The summed E-state index contributed by atoms with van der Waals surface area (Å²) in [5.41, 5.74) is 1.38. The van der Waals surface area contributed by atoms with Crippen LogP contribution >= 0.6 is 0 Å². The zero-order valence-electron chi connectivity index (χ0n) is 15.0. The lowest BCUT2D eigenvalue weighted by Crippen LogP contribution is -2.40. The molecule has 0 radical (unpaired) electrons. The molecule has 7 nitrogen and oxygen atoms in total. The number of nitro groups is 1. The highest BCUT2D eigenvalue weighted by Gasteiger charge is 2.42. The van der Waals surface area contributed by atoms with Gasteiger partial charge in [0.05, 0.1) is 4.92 Å². The van der Waals surface area contributed by atoms with Crippen molar-refractivity contribution in [1.82, 2.24) is 0 Å².